The first-order chi connectivity index (χ1) is 13.4. The number of nitrogens with one attached hydrogen (secondary N) is 1. The van der Waals surface area contributed by atoms with Crippen LogP contribution in [-0.2, 0) is 16.4 Å². The summed E-state index contributed by atoms with van der Waals surface area (Å²) in [6, 6.07) is 12.8. The quantitative estimate of drug-likeness (QED) is 0.699. The van der Waals surface area contributed by atoms with Gasteiger partial charge in [0.05, 0.1) is 19.1 Å². The standard InChI is InChI=1S/C20H26N2O5S/c1-26-16-8-10-17(11-9-16)27-14-15(23)13-22-12-4-5-18-19(21-28(2,24)25)6-3-7-20(18)22/h3,6-11,15,21,23H,4-5,12-14H2,1-2H3. The molecule has 152 valence electrons. The summed E-state index contributed by atoms with van der Waals surface area (Å²) in [6.07, 6.45) is 2.15. The van der Waals surface area contributed by atoms with Crippen LogP contribution in [0.4, 0.5) is 11.4 Å². The van der Waals surface area contributed by atoms with E-state index in [2.05, 4.69) is 9.62 Å². The molecule has 0 bridgehead atoms. The van der Waals surface area contributed by atoms with Crippen molar-refractivity contribution in [3.05, 3.63) is 48.0 Å². The minimum atomic E-state index is -3.34. The van der Waals surface area contributed by atoms with Gasteiger partial charge >= 0.3 is 0 Å². The fourth-order valence-electron chi connectivity index (χ4n) is 3.36. The molecule has 1 unspecified atom stereocenters. The van der Waals surface area contributed by atoms with Gasteiger partial charge in [-0.25, -0.2) is 8.42 Å². The topological polar surface area (TPSA) is 88.1 Å². The van der Waals surface area contributed by atoms with Crippen molar-refractivity contribution < 1.29 is 23.0 Å². The van der Waals surface area contributed by atoms with E-state index in [1.807, 2.05) is 12.1 Å². The van der Waals surface area contributed by atoms with Gasteiger partial charge in [-0.3, -0.25) is 4.72 Å². The van der Waals surface area contributed by atoms with Crippen LogP contribution in [0.2, 0.25) is 0 Å². The minimum absolute atomic E-state index is 0.166. The van der Waals surface area contributed by atoms with E-state index >= 15 is 0 Å². The summed E-state index contributed by atoms with van der Waals surface area (Å²) in [5.41, 5.74) is 2.51. The molecular weight excluding hydrogens is 380 g/mol. The smallest absolute Gasteiger partial charge is 0.229 e. The number of benzene rings is 2. The number of aliphatic hydroxyl groups excluding tert-OH is 1. The summed E-state index contributed by atoms with van der Waals surface area (Å²) in [6.45, 7) is 1.37. The van der Waals surface area contributed by atoms with Gasteiger partial charge < -0.3 is 19.5 Å². The Morgan fingerprint density at radius 3 is 2.57 bits per heavy atom. The van der Waals surface area contributed by atoms with Gasteiger partial charge in [0.1, 0.15) is 24.2 Å². The predicted octanol–water partition coefficient (Wildman–Crippen LogP) is 2.26. The molecule has 2 N–H and O–H groups in total. The van der Waals surface area contributed by atoms with Crippen molar-refractivity contribution in [2.24, 2.45) is 0 Å². The lowest BCUT2D eigenvalue weighted by molar-refractivity contribution is 0.112. The van der Waals surface area contributed by atoms with Crippen molar-refractivity contribution in [3.8, 4) is 11.5 Å². The average Bonchev–Trinajstić information content (AvgIpc) is 2.66. The molecule has 0 aromatic heterocycles. The number of methoxy groups -OCH3 is 1. The number of aliphatic hydroxyl groups is 1. The van der Waals surface area contributed by atoms with Crippen molar-refractivity contribution in [1.82, 2.24) is 0 Å². The second kappa shape index (κ2) is 8.70. The highest BCUT2D eigenvalue weighted by Crippen LogP contribution is 2.33. The van der Waals surface area contributed by atoms with Gasteiger partial charge in [-0.15, -0.1) is 0 Å². The second-order valence-electron chi connectivity index (χ2n) is 6.87. The highest BCUT2D eigenvalue weighted by molar-refractivity contribution is 7.92. The highest BCUT2D eigenvalue weighted by Gasteiger charge is 2.22. The van der Waals surface area contributed by atoms with Gasteiger partial charge in [-0.2, -0.15) is 0 Å². The van der Waals surface area contributed by atoms with Crippen LogP contribution in [0.1, 0.15) is 12.0 Å². The van der Waals surface area contributed by atoms with Gasteiger partial charge in [0, 0.05) is 18.8 Å². The van der Waals surface area contributed by atoms with Crippen molar-refractivity contribution in [2.75, 3.05) is 42.7 Å². The molecule has 0 fully saturated rings. The van der Waals surface area contributed by atoms with Gasteiger partial charge in [0.25, 0.3) is 0 Å². The Balaban J connectivity index is 1.64. The van der Waals surface area contributed by atoms with Crippen LogP contribution in [0.5, 0.6) is 11.5 Å². The zero-order chi connectivity index (χ0) is 20.1. The van der Waals surface area contributed by atoms with Crippen LogP contribution in [0.15, 0.2) is 42.5 Å². The van der Waals surface area contributed by atoms with Crippen molar-refractivity contribution in [1.29, 1.82) is 0 Å². The molecule has 2 aromatic rings. The van der Waals surface area contributed by atoms with Crippen LogP contribution in [-0.4, -0.2) is 52.7 Å². The fraction of sp³-hybridized carbons (Fsp3) is 0.400. The van der Waals surface area contributed by atoms with Crippen LogP contribution in [0, 0.1) is 0 Å². The number of fused-ring (bicyclic) bond motifs is 1. The Kier molecular flexibility index (Phi) is 6.31. The third-order valence-electron chi connectivity index (χ3n) is 4.58. The first-order valence-electron chi connectivity index (χ1n) is 9.15. The summed E-state index contributed by atoms with van der Waals surface area (Å²) in [7, 11) is -1.74. The summed E-state index contributed by atoms with van der Waals surface area (Å²) in [5, 5.41) is 10.4. The van der Waals surface area contributed by atoms with Crippen LogP contribution in [0.3, 0.4) is 0 Å². The lowest BCUT2D eigenvalue weighted by Crippen LogP contribution is -2.38. The fourth-order valence-corrected chi connectivity index (χ4v) is 3.95. The molecule has 0 saturated carbocycles. The van der Waals surface area contributed by atoms with Gasteiger partial charge in [0.15, 0.2) is 0 Å². The Morgan fingerprint density at radius 2 is 1.89 bits per heavy atom. The maximum Gasteiger partial charge on any atom is 0.229 e. The third kappa shape index (κ3) is 5.30. The molecule has 0 amide bonds. The molecule has 28 heavy (non-hydrogen) atoms. The minimum Gasteiger partial charge on any atom is -0.497 e. The van der Waals surface area contributed by atoms with Crippen molar-refractivity contribution >= 4 is 21.4 Å². The maximum atomic E-state index is 11.6. The Morgan fingerprint density at radius 1 is 1.18 bits per heavy atom. The number of hydrogen-bond acceptors (Lipinski definition) is 6. The molecule has 8 heteroatoms. The zero-order valence-corrected chi connectivity index (χ0v) is 16.9. The van der Waals surface area contributed by atoms with Crippen LogP contribution >= 0.6 is 0 Å². The molecule has 0 aliphatic carbocycles. The monoisotopic (exact) mass is 406 g/mol. The van der Waals surface area contributed by atoms with E-state index < -0.39 is 16.1 Å². The van der Waals surface area contributed by atoms with Crippen LogP contribution < -0.4 is 19.1 Å². The van der Waals surface area contributed by atoms with E-state index in [0.29, 0.717) is 18.0 Å². The van der Waals surface area contributed by atoms with E-state index in [-0.39, 0.29) is 6.61 Å². The molecule has 0 radical (unpaired) electrons. The molecule has 1 aliphatic heterocycles. The summed E-state index contributed by atoms with van der Waals surface area (Å²) < 4.78 is 36.6. The molecule has 2 aromatic carbocycles. The van der Waals surface area contributed by atoms with E-state index in [0.717, 1.165) is 42.6 Å². The Labute approximate surface area is 165 Å². The summed E-state index contributed by atoms with van der Waals surface area (Å²) in [4.78, 5) is 2.08. The van der Waals surface area contributed by atoms with Gasteiger partial charge in [-0.1, -0.05) is 6.07 Å². The average molecular weight is 407 g/mol. The third-order valence-corrected chi connectivity index (χ3v) is 5.17. The number of rotatable bonds is 8. The predicted molar refractivity (Wildman–Crippen MR) is 110 cm³/mol. The molecule has 0 saturated heterocycles. The van der Waals surface area contributed by atoms with Crippen molar-refractivity contribution in [2.45, 2.75) is 18.9 Å². The summed E-state index contributed by atoms with van der Waals surface area (Å²) in [5.74, 6) is 1.41. The van der Waals surface area contributed by atoms with Crippen molar-refractivity contribution in [3.63, 3.8) is 0 Å². The lowest BCUT2D eigenvalue weighted by atomic mass is 9.99. The first-order valence-corrected chi connectivity index (χ1v) is 11.0. The largest absolute Gasteiger partial charge is 0.497 e. The highest BCUT2D eigenvalue weighted by atomic mass is 32.2. The lowest BCUT2D eigenvalue weighted by Gasteiger charge is -2.33. The van der Waals surface area contributed by atoms with E-state index in [4.69, 9.17) is 9.47 Å². The molecule has 7 nitrogen and oxygen atoms in total. The molecular formula is C20H26N2O5S. The number of ether oxygens (including phenoxy) is 2. The number of nitrogens with zero attached hydrogens (tertiary/aromatic N) is 1. The SMILES string of the molecule is COc1ccc(OCC(O)CN2CCCc3c(NS(C)(=O)=O)cccc32)cc1. The second-order valence-corrected chi connectivity index (χ2v) is 8.62. The Bertz CT molecular complexity index is 899. The van der Waals surface area contributed by atoms with Gasteiger partial charge in [0.2, 0.25) is 10.0 Å². The maximum absolute atomic E-state index is 11.6. The first kappa shape index (κ1) is 20.3. The zero-order valence-electron chi connectivity index (χ0n) is 16.1. The number of sulfonamides is 1. The summed E-state index contributed by atoms with van der Waals surface area (Å²) >= 11 is 0. The normalized spacial score (nSPS) is 14.9. The Hall–Kier alpha value is -2.45. The van der Waals surface area contributed by atoms with Crippen LogP contribution in [0.25, 0.3) is 0 Å². The number of β-amino-alcohol motifs (C(OH)–C–C–N with tert-alkyl or cyclic N) is 1. The molecule has 1 heterocycles. The molecule has 3 rings (SSSR count). The molecule has 0 spiro atoms. The van der Waals surface area contributed by atoms with E-state index in [1.54, 1.807) is 37.4 Å². The van der Waals surface area contributed by atoms with Gasteiger partial charge in [-0.05, 0) is 54.8 Å². The molecule has 1 atom stereocenters. The van der Waals surface area contributed by atoms with E-state index in [1.165, 1.54) is 0 Å². The van der Waals surface area contributed by atoms with E-state index in [9.17, 15) is 13.5 Å². The number of hydrogen-bond donors (Lipinski definition) is 2. The number of anilines is 2. The molecule has 1 aliphatic rings.